The van der Waals surface area contributed by atoms with E-state index in [0.717, 1.165) is 30.5 Å². The van der Waals surface area contributed by atoms with E-state index in [9.17, 15) is 19.5 Å². The van der Waals surface area contributed by atoms with Crippen molar-refractivity contribution in [2.24, 2.45) is 0 Å². The third-order valence-electron chi connectivity index (χ3n) is 4.58. The fourth-order valence-corrected chi connectivity index (χ4v) is 3.37. The Bertz CT molecular complexity index is 938. The van der Waals surface area contributed by atoms with E-state index in [1.165, 1.54) is 11.6 Å². The first-order valence-corrected chi connectivity index (χ1v) is 8.28. The van der Waals surface area contributed by atoms with Gasteiger partial charge in [0.25, 0.3) is 11.5 Å². The smallest absolute Gasteiger partial charge is 0.325 e. The molecule has 2 aromatic rings. The van der Waals surface area contributed by atoms with Gasteiger partial charge >= 0.3 is 5.97 Å². The molecule has 1 aliphatic carbocycles. The molecule has 0 aliphatic heterocycles. The molecular weight excluding hydrogens is 326 g/mol. The number of hydrogen-bond donors (Lipinski definition) is 3. The summed E-state index contributed by atoms with van der Waals surface area (Å²) in [6.07, 6.45) is 2.65. The van der Waals surface area contributed by atoms with Crippen molar-refractivity contribution in [3.05, 3.63) is 33.2 Å². The van der Waals surface area contributed by atoms with Gasteiger partial charge < -0.3 is 15.5 Å². The van der Waals surface area contributed by atoms with Gasteiger partial charge in [-0.2, -0.15) is 0 Å². The van der Waals surface area contributed by atoms with Crippen molar-refractivity contribution in [3.8, 4) is 5.75 Å². The zero-order valence-electron chi connectivity index (χ0n) is 14.4. The molecule has 3 N–H and O–H groups in total. The van der Waals surface area contributed by atoms with Crippen molar-refractivity contribution in [2.75, 3.05) is 0 Å². The normalized spacial score (nSPS) is 14.7. The van der Waals surface area contributed by atoms with Crippen molar-refractivity contribution < 1.29 is 19.8 Å². The Morgan fingerprint density at radius 1 is 1.24 bits per heavy atom. The van der Waals surface area contributed by atoms with Crippen LogP contribution in [0.25, 0.3) is 5.52 Å². The topological polar surface area (TPSA) is 113 Å². The quantitative estimate of drug-likeness (QED) is 0.766. The Hall–Kier alpha value is -2.77. The maximum atomic E-state index is 12.9. The van der Waals surface area contributed by atoms with Crippen molar-refractivity contribution >= 4 is 17.4 Å². The first-order chi connectivity index (χ1) is 11.7. The summed E-state index contributed by atoms with van der Waals surface area (Å²) in [6.45, 7) is 4.93. The minimum absolute atomic E-state index is 0.240. The second-order valence-corrected chi connectivity index (χ2v) is 6.67. The molecule has 3 rings (SSSR count). The zero-order valence-corrected chi connectivity index (χ0v) is 14.4. The highest BCUT2D eigenvalue weighted by atomic mass is 16.4. The minimum atomic E-state index is -1.22. The summed E-state index contributed by atoms with van der Waals surface area (Å²) in [4.78, 5) is 36.3. The second kappa shape index (κ2) is 5.94. The number of amides is 1. The van der Waals surface area contributed by atoms with Gasteiger partial charge in [-0.15, -0.1) is 0 Å². The van der Waals surface area contributed by atoms with E-state index >= 15 is 0 Å². The molecule has 0 radical (unpaired) electrons. The van der Waals surface area contributed by atoms with Crippen LogP contribution >= 0.6 is 0 Å². The van der Waals surface area contributed by atoms with E-state index in [2.05, 4.69) is 5.32 Å². The number of carbonyl (C=O) groups is 2. The average molecular weight is 347 g/mol. The summed E-state index contributed by atoms with van der Waals surface area (Å²) in [6, 6.07) is 0.385. The number of aryl methyl sites for hydroxylation is 2. The standard InChI is InChI=1S/C17H21N3O5/c1-8(2)19-16(23)13(15(22)18-9(3)17(24)25)14(21)12-7-10-5-4-6-11(10)20(12)19/h7-9,21H,4-6H2,1-3H3,(H,18,22)(H,24,25)/t9-/m0/s1. The number of hydrogen-bond acceptors (Lipinski definition) is 4. The Labute approximate surface area is 143 Å². The van der Waals surface area contributed by atoms with Crippen LogP contribution in [-0.2, 0) is 17.6 Å². The third-order valence-corrected chi connectivity index (χ3v) is 4.58. The van der Waals surface area contributed by atoms with Crippen LogP contribution in [0.15, 0.2) is 10.9 Å². The SMILES string of the molecule is CC(C)n1c(=O)c(C(=O)N[C@@H](C)C(=O)O)c(O)c2cc3c(n21)CCC3. The van der Waals surface area contributed by atoms with Crippen LogP contribution in [0.2, 0.25) is 0 Å². The van der Waals surface area contributed by atoms with E-state index in [1.807, 2.05) is 13.8 Å². The molecule has 1 amide bonds. The van der Waals surface area contributed by atoms with Crippen LogP contribution in [0, 0.1) is 0 Å². The first kappa shape index (κ1) is 17.1. The van der Waals surface area contributed by atoms with Gasteiger partial charge in [0, 0.05) is 11.7 Å². The Morgan fingerprint density at radius 3 is 2.52 bits per heavy atom. The lowest BCUT2D eigenvalue weighted by atomic mass is 10.2. The number of nitrogens with one attached hydrogen (secondary N) is 1. The number of rotatable bonds is 4. The molecule has 1 atom stereocenters. The highest BCUT2D eigenvalue weighted by Crippen LogP contribution is 2.32. The predicted octanol–water partition coefficient (Wildman–Crippen LogP) is 1.08. The Morgan fingerprint density at radius 2 is 1.92 bits per heavy atom. The van der Waals surface area contributed by atoms with Crippen LogP contribution < -0.4 is 10.9 Å². The molecule has 1 aliphatic rings. The number of nitrogens with zero attached hydrogens (tertiary/aromatic N) is 2. The van der Waals surface area contributed by atoms with Crippen molar-refractivity contribution in [1.29, 1.82) is 0 Å². The zero-order chi connectivity index (χ0) is 18.5. The van der Waals surface area contributed by atoms with E-state index in [4.69, 9.17) is 5.11 Å². The largest absolute Gasteiger partial charge is 0.505 e. The van der Waals surface area contributed by atoms with Crippen LogP contribution in [0.4, 0.5) is 0 Å². The molecule has 8 heteroatoms. The molecule has 0 fully saturated rings. The summed E-state index contributed by atoms with van der Waals surface area (Å²) < 4.78 is 3.14. The predicted molar refractivity (Wildman–Crippen MR) is 90.3 cm³/mol. The molecule has 8 nitrogen and oxygen atoms in total. The maximum Gasteiger partial charge on any atom is 0.325 e. The number of carboxylic acid groups (broad SMARTS) is 1. The summed E-state index contributed by atoms with van der Waals surface area (Å²) in [5.74, 6) is -2.53. The number of carbonyl (C=O) groups excluding carboxylic acids is 1. The number of aromatic hydroxyl groups is 1. The molecule has 2 heterocycles. The molecule has 0 aromatic carbocycles. The molecule has 0 bridgehead atoms. The number of aromatic nitrogens is 2. The van der Waals surface area contributed by atoms with E-state index in [-0.39, 0.29) is 6.04 Å². The van der Waals surface area contributed by atoms with Gasteiger partial charge in [-0.25, -0.2) is 4.68 Å². The maximum absolute atomic E-state index is 12.9. The molecule has 134 valence electrons. The minimum Gasteiger partial charge on any atom is -0.505 e. The molecule has 0 saturated carbocycles. The van der Waals surface area contributed by atoms with Gasteiger partial charge in [0.1, 0.15) is 17.1 Å². The molecule has 0 unspecified atom stereocenters. The Balaban J connectivity index is 2.26. The lowest BCUT2D eigenvalue weighted by Gasteiger charge is -2.19. The monoisotopic (exact) mass is 347 g/mol. The van der Waals surface area contributed by atoms with E-state index in [1.54, 1.807) is 10.6 Å². The highest BCUT2D eigenvalue weighted by molar-refractivity contribution is 6.00. The number of carboxylic acids is 1. The lowest BCUT2D eigenvalue weighted by molar-refractivity contribution is -0.138. The van der Waals surface area contributed by atoms with Gasteiger partial charge in [-0.1, -0.05) is 0 Å². The van der Waals surface area contributed by atoms with Crippen molar-refractivity contribution in [1.82, 2.24) is 14.5 Å². The molecular formula is C17H21N3O5. The second-order valence-electron chi connectivity index (χ2n) is 6.67. The Kier molecular flexibility index (Phi) is 4.06. The molecule has 2 aromatic heterocycles. The van der Waals surface area contributed by atoms with E-state index < -0.39 is 34.8 Å². The van der Waals surface area contributed by atoms with Crippen LogP contribution in [-0.4, -0.2) is 37.3 Å². The molecule has 25 heavy (non-hydrogen) atoms. The van der Waals surface area contributed by atoms with Crippen molar-refractivity contribution in [3.63, 3.8) is 0 Å². The highest BCUT2D eigenvalue weighted by Gasteiger charge is 2.29. The summed E-state index contributed by atoms with van der Waals surface area (Å²) in [5, 5.41) is 21.8. The van der Waals surface area contributed by atoms with Gasteiger partial charge in [0.2, 0.25) is 0 Å². The van der Waals surface area contributed by atoms with Crippen LogP contribution in [0.1, 0.15) is 54.8 Å². The summed E-state index contributed by atoms with van der Waals surface area (Å²) in [5.41, 5.74) is 1.36. The number of aliphatic carboxylic acids is 1. The first-order valence-electron chi connectivity index (χ1n) is 8.28. The fourth-order valence-electron chi connectivity index (χ4n) is 3.37. The summed E-state index contributed by atoms with van der Waals surface area (Å²) in [7, 11) is 0. The summed E-state index contributed by atoms with van der Waals surface area (Å²) >= 11 is 0. The van der Waals surface area contributed by atoms with Crippen LogP contribution in [0.3, 0.4) is 0 Å². The van der Waals surface area contributed by atoms with E-state index in [0.29, 0.717) is 5.52 Å². The number of fused-ring (bicyclic) bond motifs is 3. The molecule has 0 spiro atoms. The fraction of sp³-hybridized carbons (Fsp3) is 0.471. The van der Waals surface area contributed by atoms with Crippen LogP contribution in [0.5, 0.6) is 5.75 Å². The average Bonchev–Trinajstić information content (AvgIpc) is 3.08. The lowest BCUT2D eigenvalue weighted by Crippen LogP contribution is -2.42. The third kappa shape index (κ3) is 2.57. The van der Waals surface area contributed by atoms with Crippen molar-refractivity contribution in [2.45, 2.75) is 52.1 Å². The van der Waals surface area contributed by atoms with Gasteiger partial charge in [0.05, 0.1) is 0 Å². The van der Waals surface area contributed by atoms with Gasteiger partial charge in [-0.3, -0.25) is 18.9 Å². The van der Waals surface area contributed by atoms with Gasteiger partial charge in [-0.05, 0) is 51.7 Å². The van der Waals surface area contributed by atoms with Gasteiger partial charge in [0.15, 0.2) is 5.75 Å². The molecule has 0 saturated heterocycles.